The third-order valence-corrected chi connectivity index (χ3v) is 2.25. The molecule has 3 nitrogen and oxygen atoms in total. The summed E-state index contributed by atoms with van der Waals surface area (Å²) in [4.78, 5) is 11.5. The number of carbonyl (C=O) groups is 1. The number of hydrogen-bond donors (Lipinski definition) is 2. The maximum absolute atomic E-state index is 11.5. The van der Waals surface area contributed by atoms with Crippen LogP contribution in [0.1, 0.15) is 26.3 Å². The topological polar surface area (TPSA) is 41.1 Å². The van der Waals surface area contributed by atoms with E-state index in [0.29, 0.717) is 18.1 Å². The van der Waals surface area contributed by atoms with Gasteiger partial charge in [0, 0.05) is 17.1 Å². The minimum atomic E-state index is -0.186. The highest BCUT2D eigenvalue weighted by Crippen LogP contribution is 2.10. The minimum Gasteiger partial charge on any atom is -0.350 e. The molecule has 1 amide bonds. The summed E-state index contributed by atoms with van der Waals surface area (Å²) in [6.07, 6.45) is 0. The molecule has 1 aromatic carbocycles. The molecule has 0 radical (unpaired) electrons. The first-order valence-corrected chi connectivity index (χ1v) is 6.01. The number of carbonyl (C=O) groups excluding carboxylic acids is 1. The van der Waals surface area contributed by atoms with Crippen molar-refractivity contribution in [3.8, 4) is 0 Å². The lowest BCUT2D eigenvalue weighted by molar-refractivity contribution is -0.121. The molecule has 94 valence electrons. The molecule has 0 bridgehead atoms. The van der Waals surface area contributed by atoms with Crippen molar-refractivity contribution in [2.45, 2.75) is 32.9 Å². The standard InChI is InChI=1S/C13H19ClN2O/c1-13(2,3)16-12(17)9-15-8-10-5-4-6-11(14)7-10/h4-7,15H,8-9H2,1-3H3,(H,16,17). The van der Waals surface area contributed by atoms with Crippen LogP contribution >= 0.6 is 11.6 Å². The molecule has 0 fully saturated rings. The summed E-state index contributed by atoms with van der Waals surface area (Å²) in [5.41, 5.74) is 0.885. The second-order valence-corrected chi connectivity index (χ2v) is 5.47. The molecule has 17 heavy (non-hydrogen) atoms. The van der Waals surface area contributed by atoms with E-state index in [4.69, 9.17) is 11.6 Å². The lowest BCUT2D eigenvalue weighted by Crippen LogP contribution is -2.44. The largest absolute Gasteiger partial charge is 0.350 e. The zero-order valence-corrected chi connectivity index (χ0v) is 11.3. The number of hydrogen-bond acceptors (Lipinski definition) is 2. The molecule has 1 rings (SSSR count). The molecule has 0 saturated carbocycles. The Kier molecular flexibility index (Phi) is 4.97. The highest BCUT2D eigenvalue weighted by Gasteiger charge is 2.12. The van der Waals surface area contributed by atoms with Gasteiger partial charge >= 0.3 is 0 Å². The van der Waals surface area contributed by atoms with Crippen molar-refractivity contribution in [1.82, 2.24) is 10.6 Å². The van der Waals surface area contributed by atoms with Gasteiger partial charge in [0.1, 0.15) is 0 Å². The summed E-state index contributed by atoms with van der Waals surface area (Å²) < 4.78 is 0. The molecule has 0 atom stereocenters. The third kappa shape index (κ3) is 6.29. The molecule has 4 heteroatoms. The lowest BCUT2D eigenvalue weighted by Gasteiger charge is -2.20. The van der Waals surface area contributed by atoms with Gasteiger partial charge in [-0.2, -0.15) is 0 Å². The van der Waals surface area contributed by atoms with Crippen molar-refractivity contribution < 1.29 is 4.79 Å². The van der Waals surface area contributed by atoms with Crippen LogP contribution in [0.4, 0.5) is 0 Å². The molecule has 0 aliphatic heterocycles. The fourth-order valence-corrected chi connectivity index (χ4v) is 1.64. The highest BCUT2D eigenvalue weighted by atomic mass is 35.5. The lowest BCUT2D eigenvalue weighted by atomic mass is 10.1. The summed E-state index contributed by atoms with van der Waals surface area (Å²) in [6, 6.07) is 7.59. The second kappa shape index (κ2) is 6.03. The van der Waals surface area contributed by atoms with Gasteiger partial charge in [0.05, 0.1) is 6.54 Å². The van der Waals surface area contributed by atoms with Crippen LogP contribution < -0.4 is 10.6 Å². The predicted octanol–water partition coefficient (Wildman–Crippen LogP) is 2.34. The van der Waals surface area contributed by atoms with Crippen molar-refractivity contribution in [2.24, 2.45) is 0 Å². The van der Waals surface area contributed by atoms with Crippen LogP contribution in [0.3, 0.4) is 0 Å². The highest BCUT2D eigenvalue weighted by molar-refractivity contribution is 6.30. The van der Waals surface area contributed by atoms with Crippen molar-refractivity contribution in [1.29, 1.82) is 0 Å². The predicted molar refractivity (Wildman–Crippen MR) is 71.1 cm³/mol. The van der Waals surface area contributed by atoms with Crippen LogP contribution in [0.15, 0.2) is 24.3 Å². The smallest absolute Gasteiger partial charge is 0.234 e. The van der Waals surface area contributed by atoms with Gasteiger partial charge in [-0.05, 0) is 38.5 Å². The van der Waals surface area contributed by atoms with E-state index < -0.39 is 0 Å². The molecular weight excluding hydrogens is 236 g/mol. The average molecular weight is 255 g/mol. The Bertz CT molecular complexity index is 385. The Labute approximate surface area is 108 Å². The van der Waals surface area contributed by atoms with Crippen molar-refractivity contribution in [3.05, 3.63) is 34.9 Å². The molecule has 0 unspecified atom stereocenters. The van der Waals surface area contributed by atoms with Crippen LogP contribution in [0.5, 0.6) is 0 Å². The van der Waals surface area contributed by atoms with Gasteiger partial charge < -0.3 is 10.6 Å². The molecule has 2 N–H and O–H groups in total. The van der Waals surface area contributed by atoms with Crippen LogP contribution in [0.25, 0.3) is 0 Å². The number of rotatable bonds is 4. The first-order chi connectivity index (χ1) is 7.87. The molecule has 0 spiro atoms. The molecule has 0 aliphatic carbocycles. The maximum atomic E-state index is 11.5. The summed E-state index contributed by atoms with van der Waals surface area (Å²) in [5, 5.41) is 6.68. The Morgan fingerprint density at radius 3 is 2.65 bits per heavy atom. The van der Waals surface area contributed by atoms with Crippen molar-refractivity contribution in [2.75, 3.05) is 6.54 Å². The number of benzene rings is 1. The van der Waals surface area contributed by atoms with Gasteiger partial charge in [0.15, 0.2) is 0 Å². The SMILES string of the molecule is CC(C)(C)NC(=O)CNCc1cccc(Cl)c1. The molecule has 0 heterocycles. The summed E-state index contributed by atoms with van der Waals surface area (Å²) >= 11 is 5.87. The van der Waals surface area contributed by atoms with Crippen LogP contribution in [-0.2, 0) is 11.3 Å². The van der Waals surface area contributed by atoms with Crippen LogP contribution in [0.2, 0.25) is 5.02 Å². The van der Waals surface area contributed by atoms with Gasteiger partial charge in [0.25, 0.3) is 0 Å². The van der Waals surface area contributed by atoms with Gasteiger partial charge in [0.2, 0.25) is 5.91 Å². The summed E-state index contributed by atoms with van der Waals surface area (Å²) in [7, 11) is 0. The first kappa shape index (κ1) is 14.0. The fourth-order valence-electron chi connectivity index (χ4n) is 1.43. The van der Waals surface area contributed by atoms with E-state index in [-0.39, 0.29) is 11.4 Å². The van der Waals surface area contributed by atoms with Gasteiger partial charge in [-0.15, -0.1) is 0 Å². The third-order valence-electron chi connectivity index (χ3n) is 2.02. The van der Waals surface area contributed by atoms with E-state index in [2.05, 4.69) is 10.6 Å². The number of amides is 1. The zero-order chi connectivity index (χ0) is 12.9. The Morgan fingerprint density at radius 1 is 1.35 bits per heavy atom. The van der Waals surface area contributed by atoms with E-state index in [9.17, 15) is 4.79 Å². The van der Waals surface area contributed by atoms with E-state index in [1.165, 1.54) is 0 Å². The van der Waals surface area contributed by atoms with Crippen molar-refractivity contribution >= 4 is 17.5 Å². The Balaban J connectivity index is 2.31. The maximum Gasteiger partial charge on any atom is 0.234 e. The molecule has 1 aromatic rings. The van der Waals surface area contributed by atoms with Crippen LogP contribution in [-0.4, -0.2) is 18.0 Å². The van der Waals surface area contributed by atoms with E-state index in [0.717, 1.165) is 5.56 Å². The van der Waals surface area contributed by atoms with Crippen molar-refractivity contribution in [3.63, 3.8) is 0 Å². The number of nitrogens with one attached hydrogen (secondary N) is 2. The molecule has 0 aliphatic rings. The second-order valence-electron chi connectivity index (χ2n) is 5.03. The van der Waals surface area contributed by atoms with E-state index in [1.807, 2.05) is 45.0 Å². The van der Waals surface area contributed by atoms with Gasteiger partial charge in [-0.25, -0.2) is 0 Å². The Morgan fingerprint density at radius 2 is 2.06 bits per heavy atom. The fraction of sp³-hybridized carbons (Fsp3) is 0.462. The quantitative estimate of drug-likeness (QED) is 0.866. The van der Waals surface area contributed by atoms with Gasteiger partial charge in [-0.1, -0.05) is 23.7 Å². The molecular formula is C13H19ClN2O. The van der Waals surface area contributed by atoms with E-state index >= 15 is 0 Å². The molecule has 0 aromatic heterocycles. The first-order valence-electron chi connectivity index (χ1n) is 5.63. The van der Waals surface area contributed by atoms with E-state index in [1.54, 1.807) is 0 Å². The minimum absolute atomic E-state index is 0.000437. The summed E-state index contributed by atoms with van der Waals surface area (Å²) in [6.45, 7) is 6.83. The average Bonchev–Trinajstić information content (AvgIpc) is 2.14. The zero-order valence-electron chi connectivity index (χ0n) is 10.5. The monoisotopic (exact) mass is 254 g/mol. The summed E-state index contributed by atoms with van der Waals surface area (Å²) in [5.74, 6) is -0.000437. The molecule has 0 saturated heterocycles. The normalized spacial score (nSPS) is 11.3. The Hall–Kier alpha value is -1.06. The number of halogens is 1. The van der Waals surface area contributed by atoms with Crippen LogP contribution in [0, 0.1) is 0 Å². The van der Waals surface area contributed by atoms with Gasteiger partial charge in [-0.3, -0.25) is 4.79 Å².